The second kappa shape index (κ2) is 23.8. The Kier molecular flexibility index (Phi) is 18.2. The van der Waals surface area contributed by atoms with Crippen LogP contribution in [0.5, 0.6) is 0 Å². The monoisotopic (exact) mass is 1190 g/mol. The number of allylic oxidation sites excluding steroid dienone is 1. The summed E-state index contributed by atoms with van der Waals surface area (Å²) in [6.07, 6.45) is 2.30. The summed E-state index contributed by atoms with van der Waals surface area (Å²) in [6.45, 7) is 9.96. The quantitative estimate of drug-likeness (QED) is 0.0589. The summed E-state index contributed by atoms with van der Waals surface area (Å²) in [4.78, 5) is 32.9. The number of halogens is 8. The minimum atomic E-state index is -6.15. The van der Waals surface area contributed by atoms with Gasteiger partial charge < -0.3 is 24.8 Å². The number of likely N-dealkylation sites (tertiary alicyclic amines) is 2. The molecule has 24 heteroatoms. The number of piperazine rings is 1. The number of nitrogens with zero attached hydrogens (tertiary/aromatic N) is 4. The Labute approximate surface area is 465 Å². The molecule has 412 valence electrons. The normalized spacial score (nSPS) is 20.1. The van der Waals surface area contributed by atoms with Crippen molar-refractivity contribution in [2.45, 2.75) is 69.6 Å². The third-order valence-corrected chi connectivity index (χ3v) is 18.9. The average Bonchev–Trinajstić information content (AvgIpc) is 3.96. The molecule has 4 aromatic carbocycles. The van der Waals surface area contributed by atoms with E-state index in [0.717, 1.165) is 47.6 Å². The minimum Gasteiger partial charge on any atom is -0.445 e. The number of fused-ring (bicyclic) bond motifs is 1. The summed E-state index contributed by atoms with van der Waals surface area (Å²) in [6, 6.07) is 22.0. The van der Waals surface area contributed by atoms with Gasteiger partial charge in [-0.2, -0.15) is 13.2 Å². The molecular weight excluding hydrogens is 1130 g/mol. The zero-order valence-corrected chi connectivity index (χ0v) is 47.1. The van der Waals surface area contributed by atoms with E-state index >= 15 is 4.39 Å². The van der Waals surface area contributed by atoms with E-state index in [1.807, 2.05) is 35.1 Å². The second-order valence-corrected chi connectivity index (χ2v) is 28.1. The van der Waals surface area contributed by atoms with Gasteiger partial charge in [0.25, 0.3) is 25.8 Å². The summed E-state index contributed by atoms with van der Waals surface area (Å²) >= 11 is 24.7. The Bertz CT molecular complexity index is 3010. The number of amides is 2. The number of hydrogen-bond donors (Lipinski definition) is 2. The number of carbonyl (C=O) groups excluding carboxylic acids is 2. The van der Waals surface area contributed by atoms with Gasteiger partial charge in [0, 0.05) is 104 Å². The van der Waals surface area contributed by atoms with Crippen molar-refractivity contribution in [2.24, 2.45) is 17.3 Å². The van der Waals surface area contributed by atoms with Gasteiger partial charge in [-0.1, -0.05) is 90.1 Å². The molecule has 2 N–H and O–H groups in total. The molecule has 8 rings (SSSR count). The summed E-state index contributed by atoms with van der Waals surface area (Å²) in [5, 5.41) is 3.34. The van der Waals surface area contributed by atoms with Gasteiger partial charge in [0.2, 0.25) is 3.79 Å². The molecule has 13 nitrogen and oxygen atoms in total. The van der Waals surface area contributed by atoms with Gasteiger partial charge in [-0.25, -0.2) is 30.7 Å². The largest absolute Gasteiger partial charge is 0.501 e. The van der Waals surface area contributed by atoms with Gasteiger partial charge in [-0.15, -0.1) is 11.8 Å². The van der Waals surface area contributed by atoms with Gasteiger partial charge >= 0.3 is 11.6 Å². The number of thioether (sulfide) groups is 1. The molecule has 1 aliphatic carbocycles. The maximum Gasteiger partial charge on any atom is 0.501 e. The van der Waals surface area contributed by atoms with Gasteiger partial charge in [0.1, 0.15) is 17.3 Å². The molecule has 4 aromatic rings. The molecule has 0 radical (unpaired) electrons. The van der Waals surface area contributed by atoms with Crippen molar-refractivity contribution in [3.05, 3.63) is 119 Å². The first kappa shape index (κ1) is 58.2. The number of nitrogens with one attached hydrogen (secondary N) is 2. The number of carbonyl (C=O) groups is 2. The van der Waals surface area contributed by atoms with Crippen molar-refractivity contribution in [3.63, 3.8) is 0 Å². The molecule has 3 atom stereocenters. The summed E-state index contributed by atoms with van der Waals surface area (Å²) in [7, 11) is -11.1. The molecule has 76 heavy (non-hydrogen) atoms. The van der Waals surface area contributed by atoms with Crippen LogP contribution < -0.4 is 14.9 Å². The fourth-order valence-electron chi connectivity index (χ4n) is 10.4. The van der Waals surface area contributed by atoms with E-state index in [1.54, 1.807) is 29.2 Å². The lowest BCUT2D eigenvalue weighted by Gasteiger charge is -2.39. The Balaban J connectivity index is 0.916. The molecule has 3 fully saturated rings. The van der Waals surface area contributed by atoms with Crippen LogP contribution in [0.2, 0.25) is 5.02 Å². The maximum atomic E-state index is 15.1. The van der Waals surface area contributed by atoms with Gasteiger partial charge in [0.05, 0.1) is 10.6 Å². The topological polar surface area (TPSA) is 149 Å². The lowest BCUT2D eigenvalue weighted by atomic mass is 9.72. The van der Waals surface area contributed by atoms with E-state index in [9.17, 15) is 39.6 Å². The number of sulfone groups is 1. The van der Waals surface area contributed by atoms with Crippen LogP contribution in [-0.4, -0.2) is 137 Å². The van der Waals surface area contributed by atoms with E-state index in [0.29, 0.717) is 88.5 Å². The number of alkyl halides is 6. The molecule has 0 spiro atoms. The summed E-state index contributed by atoms with van der Waals surface area (Å²) in [5.41, 5.74) is -2.66. The molecule has 2 amide bonds. The van der Waals surface area contributed by atoms with E-state index in [1.165, 1.54) is 35.5 Å². The second-order valence-electron chi connectivity index (χ2n) is 20.5. The van der Waals surface area contributed by atoms with Crippen molar-refractivity contribution in [1.82, 2.24) is 19.4 Å². The third-order valence-electron chi connectivity index (χ3n) is 14.3. The molecule has 0 saturated carbocycles. The lowest BCUT2D eigenvalue weighted by molar-refractivity contribution is -0.0436. The summed E-state index contributed by atoms with van der Waals surface area (Å²) in [5.74, 6) is -0.889. The molecule has 3 aliphatic heterocycles. The Morgan fingerprint density at radius 2 is 1.53 bits per heavy atom. The number of ether oxygens (including phenoxy) is 1. The number of sulfonamides is 1. The zero-order chi connectivity index (χ0) is 54.8. The first-order valence-corrected chi connectivity index (χ1v) is 30.1. The van der Waals surface area contributed by atoms with Gasteiger partial charge in [-0.05, 0) is 115 Å². The highest BCUT2D eigenvalue weighted by Gasteiger charge is 2.49. The van der Waals surface area contributed by atoms with Crippen molar-refractivity contribution in [3.8, 4) is 0 Å². The highest BCUT2D eigenvalue weighted by molar-refractivity contribution is 7.99. The van der Waals surface area contributed by atoms with Crippen molar-refractivity contribution < 1.29 is 48.7 Å². The maximum absolute atomic E-state index is 15.1. The lowest BCUT2D eigenvalue weighted by Crippen LogP contribution is -2.47. The van der Waals surface area contributed by atoms with Crippen LogP contribution in [0.1, 0.15) is 55.5 Å². The first-order chi connectivity index (χ1) is 35.7. The predicted molar refractivity (Wildman–Crippen MR) is 291 cm³/mol. The summed E-state index contributed by atoms with van der Waals surface area (Å²) < 4.78 is 118. The Hall–Kier alpha value is -3.99. The van der Waals surface area contributed by atoms with Gasteiger partial charge in [-0.3, -0.25) is 9.69 Å². The van der Waals surface area contributed by atoms with Crippen LogP contribution in [0, 0.1) is 23.1 Å². The number of anilines is 2. The third kappa shape index (κ3) is 14.6. The van der Waals surface area contributed by atoms with Crippen LogP contribution in [0.25, 0.3) is 5.57 Å². The van der Waals surface area contributed by atoms with Gasteiger partial charge in [0.15, 0.2) is 0 Å². The molecule has 3 saturated heterocycles. The fraction of sp³-hybridized carbons (Fsp3) is 0.462. The van der Waals surface area contributed by atoms with Crippen molar-refractivity contribution >= 4 is 107 Å². The highest BCUT2D eigenvalue weighted by Crippen LogP contribution is 2.44. The highest BCUT2D eigenvalue weighted by atomic mass is 35.6. The zero-order valence-electron chi connectivity index (χ0n) is 41.6. The minimum absolute atomic E-state index is 0.0571. The van der Waals surface area contributed by atoms with E-state index in [2.05, 4.69) is 33.9 Å². The number of hydrogen-bond acceptors (Lipinski definition) is 12. The van der Waals surface area contributed by atoms with E-state index in [4.69, 9.17) is 51.1 Å². The standard InChI is InChI=1S/C52H58Cl4F4N6O7S3/c1-50(2)18-16-43(44-14-10-38(53)24-45(44)57)35(26-50)27-63-20-22-65(23-21-63)40-11-8-34(9-12-40)48(67)62-76(71,72)42-13-15-46(47(25-42)75(69,70)52(58,59)60)61-39(32-74-41-6-4-3-5-7-41)17-19-64-28-36-30-66(31-37(36)29-64)49(68)73-33-51(54,55)56/h3-15,24-25,36-37,39,61H,16-23,26-33H2,1-2H3,(H,62,67)/t36-,37+,39-/m1/s1. The van der Waals surface area contributed by atoms with Crippen LogP contribution in [0.3, 0.4) is 0 Å². The predicted octanol–water partition coefficient (Wildman–Crippen LogP) is 11.0. The van der Waals surface area contributed by atoms with Crippen LogP contribution in [-0.2, 0) is 24.6 Å². The smallest absolute Gasteiger partial charge is 0.445 e. The fourth-order valence-corrected chi connectivity index (χ4v) is 13.7. The molecule has 0 unspecified atom stereocenters. The van der Waals surface area contributed by atoms with E-state index in [-0.39, 0.29) is 34.4 Å². The van der Waals surface area contributed by atoms with Crippen LogP contribution in [0.15, 0.2) is 111 Å². The van der Waals surface area contributed by atoms with Crippen molar-refractivity contribution in [1.29, 1.82) is 0 Å². The molecule has 4 aliphatic rings. The first-order valence-electron chi connectivity index (χ1n) is 24.6. The number of rotatable bonds is 17. The van der Waals surface area contributed by atoms with Crippen molar-refractivity contribution in [2.75, 3.05) is 88.0 Å². The van der Waals surface area contributed by atoms with Crippen LogP contribution in [0.4, 0.5) is 33.7 Å². The average molecular weight is 1190 g/mol. The number of benzene rings is 4. The molecule has 0 aromatic heterocycles. The molecule has 0 bridgehead atoms. The SMILES string of the molecule is CC1(C)CCC(c2ccc(Cl)cc2F)=C(CN2CCN(c3ccc(C(=O)NS(=O)(=O)c4ccc(N[C@H](CCN5C[C@@H]6CN(C(=O)OCC(Cl)(Cl)Cl)C[C@@H]6C5)CSc5ccccc5)c(S(=O)(=O)C(F)(F)F)c4)cc3)CC2)C1. The van der Waals surface area contributed by atoms with E-state index < -0.39 is 69.3 Å². The molecule has 3 heterocycles. The Morgan fingerprint density at radius 3 is 2.16 bits per heavy atom. The Morgan fingerprint density at radius 1 is 0.855 bits per heavy atom. The molecular formula is C52H58Cl4F4N6O7S3. The van der Waals surface area contributed by atoms with Crippen LogP contribution >= 0.6 is 58.2 Å².